The lowest BCUT2D eigenvalue weighted by Crippen LogP contribution is -1.92. The lowest BCUT2D eigenvalue weighted by Gasteiger charge is -2.10. The van der Waals surface area contributed by atoms with Gasteiger partial charge in [0, 0.05) is 0 Å². The fourth-order valence-electron chi connectivity index (χ4n) is 2.21. The van der Waals surface area contributed by atoms with Crippen molar-refractivity contribution in [3.63, 3.8) is 0 Å². The first-order valence-corrected chi connectivity index (χ1v) is 7.66. The van der Waals surface area contributed by atoms with Crippen molar-refractivity contribution in [1.82, 2.24) is 0 Å². The molecule has 0 bridgehead atoms. The summed E-state index contributed by atoms with van der Waals surface area (Å²) >= 11 is 12.3. The number of benzene rings is 2. The smallest absolute Gasteiger partial charge is 0.161 e. The van der Waals surface area contributed by atoms with Gasteiger partial charge in [0.25, 0.3) is 0 Å². The van der Waals surface area contributed by atoms with Gasteiger partial charge in [-0.3, -0.25) is 0 Å². The van der Waals surface area contributed by atoms with Gasteiger partial charge in [0.05, 0.1) is 43.0 Å². The molecule has 4 nitrogen and oxygen atoms in total. The minimum Gasteiger partial charge on any atom is -0.494 e. The van der Waals surface area contributed by atoms with Crippen LogP contribution in [0.15, 0.2) is 30.3 Å². The number of methoxy groups -OCH3 is 3. The van der Waals surface area contributed by atoms with Gasteiger partial charge in [-0.25, -0.2) is 0 Å². The molecule has 0 radical (unpaired) electrons. The molecule has 124 valence electrons. The zero-order chi connectivity index (χ0) is 17.7. The summed E-state index contributed by atoms with van der Waals surface area (Å²) in [6.45, 7) is 0. The van der Waals surface area contributed by atoms with E-state index in [0.717, 1.165) is 0 Å². The Morgan fingerprint density at radius 1 is 0.958 bits per heavy atom. The molecule has 0 spiro atoms. The van der Waals surface area contributed by atoms with Gasteiger partial charge in [-0.1, -0.05) is 23.2 Å². The zero-order valence-electron chi connectivity index (χ0n) is 13.4. The highest BCUT2D eigenvalue weighted by atomic mass is 35.5. The molecule has 2 aromatic rings. The predicted octanol–water partition coefficient (Wildman–Crippen LogP) is 5.08. The van der Waals surface area contributed by atoms with Crippen molar-refractivity contribution in [1.29, 1.82) is 5.26 Å². The van der Waals surface area contributed by atoms with Crippen LogP contribution in [0.2, 0.25) is 10.0 Å². The van der Waals surface area contributed by atoms with Crippen LogP contribution in [0.5, 0.6) is 17.2 Å². The van der Waals surface area contributed by atoms with Gasteiger partial charge < -0.3 is 14.2 Å². The van der Waals surface area contributed by atoms with Gasteiger partial charge in [0.15, 0.2) is 17.2 Å². The highest BCUT2D eigenvalue weighted by Gasteiger charge is 2.11. The van der Waals surface area contributed by atoms with Crippen molar-refractivity contribution >= 4 is 34.9 Å². The van der Waals surface area contributed by atoms with Crippen molar-refractivity contribution in [3.8, 4) is 23.3 Å². The van der Waals surface area contributed by atoms with E-state index < -0.39 is 0 Å². The first-order valence-electron chi connectivity index (χ1n) is 6.91. The van der Waals surface area contributed by atoms with E-state index in [4.69, 9.17) is 37.4 Å². The summed E-state index contributed by atoms with van der Waals surface area (Å²) in [6, 6.07) is 10.8. The molecule has 2 aromatic carbocycles. The fraction of sp³-hybridized carbons (Fsp3) is 0.167. The minimum atomic E-state index is 0.376. The van der Waals surface area contributed by atoms with Crippen molar-refractivity contribution in [2.75, 3.05) is 21.3 Å². The van der Waals surface area contributed by atoms with Crippen LogP contribution in [0.25, 0.3) is 11.6 Å². The summed E-state index contributed by atoms with van der Waals surface area (Å²) in [6.07, 6.45) is 1.69. The largest absolute Gasteiger partial charge is 0.494 e. The molecular formula is C18H15Cl2NO3. The summed E-state index contributed by atoms with van der Waals surface area (Å²) in [5.74, 6) is 1.54. The second kappa shape index (κ2) is 7.96. The third kappa shape index (κ3) is 3.76. The van der Waals surface area contributed by atoms with E-state index in [9.17, 15) is 5.26 Å². The molecule has 0 saturated heterocycles. The normalized spacial score (nSPS) is 10.9. The summed E-state index contributed by atoms with van der Waals surface area (Å²) in [7, 11) is 4.59. The molecule has 0 heterocycles. The Balaban J connectivity index is 2.49. The average molecular weight is 364 g/mol. The Labute approximate surface area is 150 Å². The molecule has 6 heteroatoms. The highest BCUT2D eigenvalue weighted by Crippen LogP contribution is 2.35. The molecule has 0 saturated carbocycles. The molecule has 0 aliphatic rings. The maximum absolute atomic E-state index is 9.49. The number of nitriles is 1. The van der Waals surface area contributed by atoms with Gasteiger partial charge in [0.2, 0.25) is 0 Å². The molecule has 0 unspecified atom stereocenters. The van der Waals surface area contributed by atoms with Crippen molar-refractivity contribution in [2.24, 2.45) is 0 Å². The molecule has 0 N–H and O–H groups in total. The second-order valence-corrected chi connectivity index (χ2v) is 5.57. The van der Waals surface area contributed by atoms with E-state index in [1.165, 1.54) is 7.11 Å². The lowest BCUT2D eigenvalue weighted by atomic mass is 10.0. The van der Waals surface area contributed by atoms with Gasteiger partial charge >= 0.3 is 0 Å². The topological polar surface area (TPSA) is 51.5 Å². The van der Waals surface area contributed by atoms with E-state index in [1.807, 2.05) is 0 Å². The highest BCUT2D eigenvalue weighted by molar-refractivity contribution is 6.37. The molecule has 0 atom stereocenters. The van der Waals surface area contributed by atoms with Crippen LogP contribution in [0, 0.1) is 11.3 Å². The Morgan fingerprint density at radius 3 is 2.08 bits per heavy atom. The molecule has 0 aliphatic carbocycles. The molecule has 0 aliphatic heterocycles. The summed E-state index contributed by atoms with van der Waals surface area (Å²) in [5.41, 5.74) is 1.82. The maximum atomic E-state index is 9.49. The van der Waals surface area contributed by atoms with Crippen LogP contribution < -0.4 is 14.2 Å². The van der Waals surface area contributed by atoms with E-state index in [1.54, 1.807) is 50.6 Å². The van der Waals surface area contributed by atoms with Crippen LogP contribution in [-0.4, -0.2) is 21.3 Å². The monoisotopic (exact) mass is 363 g/mol. The summed E-state index contributed by atoms with van der Waals surface area (Å²) < 4.78 is 15.6. The first-order chi connectivity index (χ1) is 11.5. The minimum absolute atomic E-state index is 0.376. The van der Waals surface area contributed by atoms with Crippen LogP contribution in [0.3, 0.4) is 0 Å². The summed E-state index contributed by atoms with van der Waals surface area (Å²) in [4.78, 5) is 0. The SMILES string of the molecule is COc1ccc(/C(C#N)=C/c2cc(Cl)c(OC)c(Cl)c2)cc1OC. The van der Waals surface area contributed by atoms with Crippen molar-refractivity contribution in [3.05, 3.63) is 51.5 Å². The Bertz CT molecular complexity index is 802. The molecule has 0 amide bonds. The number of rotatable bonds is 5. The number of ether oxygens (including phenoxy) is 3. The fourth-order valence-corrected chi connectivity index (χ4v) is 2.87. The van der Waals surface area contributed by atoms with E-state index in [-0.39, 0.29) is 0 Å². The number of allylic oxidation sites excluding steroid dienone is 1. The van der Waals surface area contributed by atoms with Crippen molar-refractivity contribution in [2.45, 2.75) is 0 Å². The molecule has 0 aromatic heterocycles. The van der Waals surface area contributed by atoms with Gasteiger partial charge in [0.1, 0.15) is 0 Å². The summed E-state index contributed by atoms with van der Waals surface area (Å²) in [5, 5.41) is 10.2. The third-order valence-corrected chi connectivity index (χ3v) is 3.91. The quantitative estimate of drug-likeness (QED) is 0.548. The van der Waals surface area contributed by atoms with Crippen LogP contribution in [0.4, 0.5) is 0 Å². The second-order valence-electron chi connectivity index (χ2n) is 4.76. The Kier molecular flexibility index (Phi) is 5.97. The molecule has 24 heavy (non-hydrogen) atoms. The molecule has 2 rings (SSSR count). The predicted molar refractivity (Wildman–Crippen MR) is 96.0 cm³/mol. The van der Waals surface area contributed by atoms with Gasteiger partial charge in [-0.05, 0) is 47.5 Å². The average Bonchev–Trinajstić information content (AvgIpc) is 2.58. The van der Waals surface area contributed by atoms with E-state index in [2.05, 4.69) is 6.07 Å². The number of hydrogen-bond donors (Lipinski definition) is 0. The lowest BCUT2D eigenvalue weighted by molar-refractivity contribution is 0.355. The number of hydrogen-bond acceptors (Lipinski definition) is 4. The number of halogens is 2. The van der Waals surface area contributed by atoms with Gasteiger partial charge in [-0.15, -0.1) is 0 Å². The van der Waals surface area contributed by atoms with Crippen LogP contribution in [0.1, 0.15) is 11.1 Å². The van der Waals surface area contributed by atoms with Gasteiger partial charge in [-0.2, -0.15) is 5.26 Å². The first kappa shape index (κ1) is 18.0. The molecule has 0 fully saturated rings. The third-order valence-electron chi connectivity index (χ3n) is 3.35. The maximum Gasteiger partial charge on any atom is 0.161 e. The van der Waals surface area contributed by atoms with Crippen molar-refractivity contribution < 1.29 is 14.2 Å². The Hall–Kier alpha value is -2.35. The van der Waals surface area contributed by atoms with E-state index >= 15 is 0 Å². The van der Waals surface area contributed by atoms with E-state index in [0.29, 0.717) is 44.0 Å². The van der Waals surface area contributed by atoms with Crippen LogP contribution >= 0.6 is 23.2 Å². The number of nitrogens with zero attached hydrogens (tertiary/aromatic N) is 1. The zero-order valence-corrected chi connectivity index (χ0v) is 14.9. The molecular weight excluding hydrogens is 349 g/mol. The Morgan fingerprint density at radius 2 is 1.58 bits per heavy atom. The van der Waals surface area contributed by atoms with Crippen LogP contribution in [-0.2, 0) is 0 Å². The standard InChI is InChI=1S/C18H15Cl2NO3/c1-22-16-5-4-12(9-17(16)23-2)13(10-21)6-11-7-14(19)18(24-3)15(20)8-11/h4-9H,1-3H3/b13-6+.